The summed E-state index contributed by atoms with van der Waals surface area (Å²) in [5, 5.41) is 2.29. The maximum atomic E-state index is 11.7. The van der Waals surface area contributed by atoms with Gasteiger partial charge in [0.05, 0.1) is 10.9 Å². The summed E-state index contributed by atoms with van der Waals surface area (Å²) in [7, 11) is 0. The number of ketones is 1. The van der Waals surface area contributed by atoms with Gasteiger partial charge in [0.1, 0.15) is 5.75 Å². The zero-order chi connectivity index (χ0) is 11.7. The molecule has 1 atom stereocenters. The van der Waals surface area contributed by atoms with Crippen LogP contribution in [-0.4, -0.2) is 23.5 Å². The topological polar surface area (TPSA) is 55.4 Å². The summed E-state index contributed by atoms with van der Waals surface area (Å²) in [6.07, 6.45) is 0. The van der Waals surface area contributed by atoms with Crippen molar-refractivity contribution < 1.29 is 14.3 Å². The van der Waals surface area contributed by atoms with Crippen LogP contribution in [0.3, 0.4) is 0 Å². The minimum atomic E-state index is -0.363. The summed E-state index contributed by atoms with van der Waals surface area (Å²) in [6, 6.07) is 4.96. The number of fused-ring (bicyclic) bond motifs is 1. The second-order valence-electron chi connectivity index (χ2n) is 3.59. The molecular formula is C11H11NO3S. The summed E-state index contributed by atoms with van der Waals surface area (Å²) in [4.78, 5) is 22.8. The van der Waals surface area contributed by atoms with Crippen LogP contribution in [0, 0.1) is 0 Å². The van der Waals surface area contributed by atoms with Crippen molar-refractivity contribution in [1.29, 1.82) is 0 Å². The van der Waals surface area contributed by atoms with Gasteiger partial charge in [0.2, 0.25) is 0 Å². The Labute approximate surface area is 98.4 Å². The Hall–Kier alpha value is -1.49. The number of carbonyl (C=O) groups is 2. The lowest BCUT2D eigenvalue weighted by molar-refractivity contribution is -0.118. The van der Waals surface area contributed by atoms with E-state index in [2.05, 4.69) is 17.9 Å². The smallest absolute Gasteiger partial charge is 0.262 e. The van der Waals surface area contributed by atoms with Crippen molar-refractivity contribution in [2.24, 2.45) is 0 Å². The second-order valence-corrected chi connectivity index (χ2v) is 4.36. The zero-order valence-corrected chi connectivity index (χ0v) is 9.58. The molecule has 1 amide bonds. The van der Waals surface area contributed by atoms with E-state index in [4.69, 9.17) is 4.74 Å². The zero-order valence-electron chi connectivity index (χ0n) is 8.69. The first kappa shape index (κ1) is 11.0. The molecule has 0 spiro atoms. The maximum absolute atomic E-state index is 11.7. The monoisotopic (exact) mass is 237 g/mol. The highest BCUT2D eigenvalue weighted by Crippen LogP contribution is 2.29. The first-order valence-corrected chi connectivity index (χ1v) is 5.38. The SMILES string of the molecule is C[C@H](S)C(=O)c1ccc2c(c1)NC(=O)CO2. The first-order valence-electron chi connectivity index (χ1n) is 4.87. The van der Waals surface area contributed by atoms with E-state index in [-0.39, 0.29) is 23.5 Å². The summed E-state index contributed by atoms with van der Waals surface area (Å²) in [5.41, 5.74) is 1.06. The number of hydrogen-bond donors (Lipinski definition) is 2. The van der Waals surface area contributed by atoms with E-state index in [9.17, 15) is 9.59 Å². The van der Waals surface area contributed by atoms with E-state index in [0.29, 0.717) is 17.0 Å². The van der Waals surface area contributed by atoms with Crippen LogP contribution in [0.5, 0.6) is 5.75 Å². The molecule has 1 aliphatic heterocycles. The standard InChI is InChI=1S/C11H11NO3S/c1-6(16)11(14)7-2-3-9-8(4-7)12-10(13)5-15-9/h2-4,6,16H,5H2,1H3,(H,12,13)/t6-/m0/s1. The van der Waals surface area contributed by atoms with Crippen LogP contribution < -0.4 is 10.1 Å². The van der Waals surface area contributed by atoms with E-state index < -0.39 is 0 Å². The van der Waals surface area contributed by atoms with Crippen molar-refractivity contribution in [2.45, 2.75) is 12.2 Å². The van der Waals surface area contributed by atoms with Gasteiger partial charge in [-0.1, -0.05) is 0 Å². The molecular weight excluding hydrogens is 226 g/mol. The third kappa shape index (κ3) is 2.04. The molecule has 5 heteroatoms. The van der Waals surface area contributed by atoms with E-state index >= 15 is 0 Å². The summed E-state index contributed by atoms with van der Waals surface area (Å²) < 4.78 is 5.19. The Morgan fingerprint density at radius 1 is 1.56 bits per heavy atom. The van der Waals surface area contributed by atoms with Crippen molar-refractivity contribution in [3.05, 3.63) is 23.8 Å². The van der Waals surface area contributed by atoms with Crippen LogP contribution in [0.1, 0.15) is 17.3 Å². The summed E-state index contributed by atoms with van der Waals surface area (Å²) in [6.45, 7) is 1.73. The fraction of sp³-hybridized carbons (Fsp3) is 0.273. The fourth-order valence-corrected chi connectivity index (χ4v) is 1.63. The largest absolute Gasteiger partial charge is 0.482 e. The van der Waals surface area contributed by atoms with Gasteiger partial charge in [-0.05, 0) is 25.1 Å². The normalized spacial score (nSPS) is 15.8. The predicted octanol–water partition coefficient (Wildman–Crippen LogP) is 1.52. The Morgan fingerprint density at radius 2 is 2.31 bits per heavy atom. The number of nitrogens with one attached hydrogen (secondary N) is 1. The Morgan fingerprint density at radius 3 is 3.00 bits per heavy atom. The molecule has 1 aromatic carbocycles. The van der Waals surface area contributed by atoms with Crippen LogP contribution in [0.25, 0.3) is 0 Å². The summed E-state index contributed by atoms with van der Waals surface area (Å²) in [5.74, 6) is 0.296. The van der Waals surface area contributed by atoms with Crippen molar-refractivity contribution in [2.75, 3.05) is 11.9 Å². The first-order chi connectivity index (χ1) is 7.58. The Bertz CT molecular complexity index is 457. The molecule has 2 rings (SSSR count). The number of rotatable bonds is 2. The highest BCUT2D eigenvalue weighted by molar-refractivity contribution is 7.81. The van der Waals surface area contributed by atoms with Gasteiger partial charge in [0.25, 0.3) is 5.91 Å². The molecule has 0 saturated carbocycles. The van der Waals surface area contributed by atoms with Gasteiger partial charge in [-0.25, -0.2) is 0 Å². The molecule has 1 aliphatic rings. The van der Waals surface area contributed by atoms with Gasteiger partial charge in [-0.3, -0.25) is 9.59 Å². The predicted molar refractivity (Wildman–Crippen MR) is 63.3 cm³/mol. The number of thiol groups is 1. The van der Waals surface area contributed by atoms with E-state index in [1.54, 1.807) is 25.1 Å². The number of amides is 1. The minimum absolute atomic E-state index is 0.0171. The van der Waals surface area contributed by atoms with Gasteiger partial charge in [0.15, 0.2) is 12.4 Å². The number of anilines is 1. The van der Waals surface area contributed by atoms with Crippen LogP contribution in [-0.2, 0) is 4.79 Å². The molecule has 0 aliphatic carbocycles. The van der Waals surface area contributed by atoms with Gasteiger partial charge in [-0.15, -0.1) is 0 Å². The van der Waals surface area contributed by atoms with Crippen molar-refractivity contribution in [3.8, 4) is 5.75 Å². The molecule has 1 heterocycles. The van der Waals surface area contributed by atoms with Crippen LogP contribution in [0.15, 0.2) is 18.2 Å². The summed E-state index contributed by atoms with van der Waals surface area (Å²) >= 11 is 4.08. The molecule has 1 N–H and O–H groups in total. The van der Waals surface area contributed by atoms with Gasteiger partial charge in [0, 0.05) is 5.56 Å². The molecule has 0 bridgehead atoms. The van der Waals surface area contributed by atoms with Crippen LogP contribution >= 0.6 is 12.6 Å². The Balaban J connectivity index is 2.35. The van der Waals surface area contributed by atoms with E-state index in [1.165, 1.54) is 0 Å². The van der Waals surface area contributed by atoms with Crippen LogP contribution in [0.2, 0.25) is 0 Å². The second kappa shape index (κ2) is 4.17. The van der Waals surface area contributed by atoms with Gasteiger partial charge >= 0.3 is 0 Å². The Kier molecular flexibility index (Phi) is 2.87. The number of carbonyl (C=O) groups excluding carboxylic acids is 2. The lowest BCUT2D eigenvalue weighted by Crippen LogP contribution is -2.25. The lowest BCUT2D eigenvalue weighted by atomic mass is 10.1. The van der Waals surface area contributed by atoms with Gasteiger partial charge < -0.3 is 10.1 Å². The van der Waals surface area contributed by atoms with Crippen molar-refractivity contribution >= 4 is 30.0 Å². The fourth-order valence-electron chi connectivity index (χ4n) is 1.48. The molecule has 16 heavy (non-hydrogen) atoms. The number of ether oxygens (including phenoxy) is 1. The molecule has 1 aromatic rings. The van der Waals surface area contributed by atoms with E-state index in [0.717, 1.165) is 0 Å². The lowest BCUT2D eigenvalue weighted by Gasteiger charge is -2.18. The molecule has 4 nitrogen and oxygen atoms in total. The molecule has 84 valence electrons. The van der Waals surface area contributed by atoms with Crippen molar-refractivity contribution in [3.63, 3.8) is 0 Å². The highest BCUT2D eigenvalue weighted by atomic mass is 32.1. The number of benzene rings is 1. The van der Waals surface area contributed by atoms with Crippen molar-refractivity contribution in [1.82, 2.24) is 0 Å². The third-order valence-corrected chi connectivity index (χ3v) is 2.51. The van der Waals surface area contributed by atoms with Crippen LogP contribution in [0.4, 0.5) is 5.69 Å². The number of hydrogen-bond acceptors (Lipinski definition) is 4. The molecule has 0 aromatic heterocycles. The molecule has 0 fully saturated rings. The quantitative estimate of drug-likeness (QED) is 0.605. The maximum Gasteiger partial charge on any atom is 0.262 e. The van der Waals surface area contributed by atoms with Gasteiger partial charge in [-0.2, -0.15) is 12.6 Å². The average molecular weight is 237 g/mol. The molecule has 0 unspecified atom stereocenters. The third-order valence-electron chi connectivity index (χ3n) is 2.28. The number of Topliss-reactive ketones (excluding diaryl/α,β-unsaturated/α-hetero) is 1. The minimum Gasteiger partial charge on any atom is -0.482 e. The highest BCUT2D eigenvalue weighted by Gasteiger charge is 2.18. The molecule has 0 radical (unpaired) electrons. The molecule has 0 saturated heterocycles. The van der Waals surface area contributed by atoms with E-state index in [1.807, 2.05) is 0 Å². The average Bonchev–Trinajstić information content (AvgIpc) is 2.26.